The molecule has 1 aromatic carbocycles. The van der Waals surface area contributed by atoms with Gasteiger partial charge < -0.3 is 15.0 Å². The van der Waals surface area contributed by atoms with Crippen molar-refractivity contribution in [1.82, 2.24) is 24.6 Å². The highest BCUT2D eigenvalue weighted by atomic mass is 16.5. The SMILES string of the molecule is CC(=O)N1CCc2c(c(-c3cccc(C(=O)Nc4cncnc4)c3)nn2C2CCOC2)C1. The minimum atomic E-state index is -0.246. The molecule has 3 aromatic rings. The number of benzene rings is 1. The predicted molar refractivity (Wildman–Crippen MR) is 117 cm³/mol. The van der Waals surface area contributed by atoms with Gasteiger partial charge in [0.1, 0.15) is 6.33 Å². The molecule has 32 heavy (non-hydrogen) atoms. The van der Waals surface area contributed by atoms with Crippen molar-refractivity contribution in [3.8, 4) is 11.3 Å². The van der Waals surface area contributed by atoms with Crippen LogP contribution in [-0.2, 0) is 22.5 Å². The monoisotopic (exact) mass is 432 g/mol. The van der Waals surface area contributed by atoms with Gasteiger partial charge in [0.15, 0.2) is 0 Å². The number of carbonyl (C=O) groups excluding carboxylic acids is 2. The second-order valence-corrected chi connectivity index (χ2v) is 8.09. The van der Waals surface area contributed by atoms with Crippen molar-refractivity contribution in [1.29, 1.82) is 0 Å². The molecule has 2 aliphatic rings. The minimum absolute atomic E-state index is 0.0526. The summed E-state index contributed by atoms with van der Waals surface area (Å²) in [6, 6.07) is 7.60. The molecule has 0 saturated carbocycles. The first-order chi connectivity index (χ1) is 15.6. The van der Waals surface area contributed by atoms with Crippen LogP contribution in [0, 0.1) is 0 Å². The van der Waals surface area contributed by atoms with Gasteiger partial charge in [0.25, 0.3) is 5.91 Å². The van der Waals surface area contributed by atoms with Gasteiger partial charge >= 0.3 is 0 Å². The maximum atomic E-state index is 12.8. The van der Waals surface area contributed by atoms with Crippen molar-refractivity contribution in [3.63, 3.8) is 0 Å². The van der Waals surface area contributed by atoms with Crippen LogP contribution in [-0.4, -0.2) is 56.2 Å². The van der Waals surface area contributed by atoms with Crippen LogP contribution in [0.25, 0.3) is 11.3 Å². The van der Waals surface area contributed by atoms with E-state index in [4.69, 9.17) is 9.84 Å². The Morgan fingerprint density at radius 2 is 2.06 bits per heavy atom. The maximum Gasteiger partial charge on any atom is 0.255 e. The van der Waals surface area contributed by atoms with Gasteiger partial charge in [-0.1, -0.05) is 12.1 Å². The number of carbonyl (C=O) groups is 2. The molecule has 9 nitrogen and oxygen atoms in total. The molecule has 0 bridgehead atoms. The summed E-state index contributed by atoms with van der Waals surface area (Å²) >= 11 is 0. The Bertz CT molecular complexity index is 1150. The summed E-state index contributed by atoms with van der Waals surface area (Å²) in [4.78, 5) is 34.5. The molecule has 1 unspecified atom stereocenters. The maximum absolute atomic E-state index is 12.8. The first-order valence-electron chi connectivity index (χ1n) is 10.7. The number of nitrogens with one attached hydrogen (secondary N) is 1. The minimum Gasteiger partial charge on any atom is -0.379 e. The van der Waals surface area contributed by atoms with E-state index >= 15 is 0 Å². The molecule has 4 heterocycles. The van der Waals surface area contributed by atoms with E-state index in [1.165, 1.54) is 6.33 Å². The van der Waals surface area contributed by atoms with Crippen LogP contribution in [0.1, 0.15) is 41.0 Å². The molecule has 0 radical (unpaired) electrons. The summed E-state index contributed by atoms with van der Waals surface area (Å²) in [5.41, 5.74) is 4.91. The third kappa shape index (κ3) is 3.87. The summed E-state index contributed by atoms with van der Waals surface area (Å²) in [7, 11) is 0. The van der Waals surface area contributed by atoms with Crippen LogP contribution in [0.5, 0.6) is 0 Å². The lowest BCUT2D eigenvalue weighted by atomic mass is 9.99. The van der Waals surface area contributed by atoms with E-state index in [1.807, 2.05) is 23.1 Å². The number of hydrogen-bond donors (Lipinski definition) is 1. The van der Waals surface area contributed by atoms with Crippen molar-refractivity contribution in [2.24, 2.45) is 0 Å². The molecule has 1 atom stereocenters. The van der Waals surface area contributed by atoms with Crippen molar-refractivity contribution < 1.29 is 14.3 Å². The number of anilines is 1. The summed E-state index contributed by atoms with van der Waals surface area (Å²) < 4.78 is 7.68. The first kappa shape index (κ1) is 20.3. The van der Waals surface area contributed by atoms with Gasteiger partial charge in [-0.2, -0.15) is 5.10 Å². The number of hydrogen-bond acceptors (Lipinski definition) is 6. The number of amides is 2. The molecule has 1 N–H and O–H groups in total. The number of ether oxygens (including phenoxy) is 1. The van der Waals surface area contributed by atoms with Gasteiger partial charge in [0.05, 0.1) is 36.4 Å². The summed E-state index contributed by atoms with van der Waals surface area (Å²) in [6.07, 6.45) is 6.19. The second-order valence-electron chi connectivity index (χ2n) is 8.09. The molecular weight excluding hydrogens is 408 g/mol. The Kier molecular flexibility index (Phi) is 5.40. The third-order valence-electron chi connectivity index (χ3n) is 6.00. The molecule has 5 rings (SSSR count). The highest BCUT2D eigenvalue weighted by Gasteiger charge is 2.30. The predicted octanol–water partition coefficient (Wildman–Crippen LogP) is 2.46. The standard InChI is InChI=1S/C23H24N6O3/c1-15(30)28-7-5-21-20(12-28)22(27-29(21)19-6-8-32-13-19)16-3-2-4-17(9-16)23(31)26-18-10-24-14-25-11-18/h2-4,9-11,14,19H,5-8,12-13H2,1H3,(H,26,31). The molecular formula is C23H24N6O3. The van der Waals surface area contributed by atoms with Crippen LogP contribution in [0.4, 0.5) is 5.69 Å². The molecule has 2 aromatic heterocycles. The lowest BCUT2D eigenvalue weighted by molar-refractivity contribution is -0.129. The van der Waals surface area contributed by atoms with Gasteiger partial charge in [0, 0.05) is 55.4 Å². The zero-order chi connectivity index (χ0) is 22.1. The molecule has 2 amide bonds. The Hall–Kier alpha value is -3.59. The first-order valence-corrected chi connectivity index (χ1v) is 10.7. The zero-order valence-corrected chi connectivity index (χ0v) is 17.8. The van der Waals surface area contributed by atoms with E-state index in [1.54, 1.807) is 25.4 Å². The molecule has 164 valence electrons. The Morgan fingerprint density at radius 3 is 2.81 bits per heavy atom. The van der Waals surface area contributed by atoms with E-state index in [0.717, 1.165) is 42.0 Å². The molecule has 0 aliphatic carbocycles. The topological polar surface area (TPSA) is 102 Å². The highest BCUT2D eigenvalue weighted by molar-refractivity contribution is 6.04. The van der Waals surface area contributed by atoms with Crippen molar-refractivity contribution >= 4 is 17.5 Å². The number of fused-ring (bicyclic) bond motifs is 1. The van der Waals surface area contributed by atoms with E-state index in [9.17, 15) is 9.59 Å². The highest BCUT2D eigenvalue weighted by Crippen LogP contribution is 2.34. The second kappa shape index (κ2) is 8.51. The Morgan fingerprint density at radius 1 is 1.22 bits per heavy atom. The van der Waals surface area contributed by atoms with Gasteiger partial charge in [-0.05, 0) is 18.6 Å². The Balaban J connectivity index is 1.51. The fourth-order valence-corrected chi connectivity index (χ4v) is 4.34. The van der Waals surface area contributed by atoms with E-state index in [2.05, 4.69) is 20.0 Å². The van der Waals surface area contributed by atoms with E-state index in [-0.39, 0.29) is 17.9 Å². The van der Waals surface area contributed by atoms with Crippen LogP contribution < -0.4 is 5.32 Å². The molecule has 9 heteroatoms. The van der Waals surface area contributed by atoms with E-state index < -0.39 is 0 Å². The average molecular weight is 432 g/mol. The summed E-state index contributed by atoms with van der Waals surface area (Å²) in [5, 5.41) is 7.78. The number of nitrogens with zero attached hydrogens (tertiary/aromatic N) is 5. The van der Waals surface area contributed by atoms with Crippen LogP contribution in [0.2, 0.25) is 0 Å². The van der Waals surface area contributed by atoms with Gasteiger partial charge in [0.2, 0.25) is 5.91 Å². The Labute approximate surface area is 185 Å². The lowest BCUT2D eigenvalue weighted by Crippen LogP contribution is -2.35. The quantitative estimate of drug-likeness (QED) is 0.680. The van der Waals surface area contributed by atoms with E-state index in [0.29, 0.717) is 30.9 Å². The molecule has 1 saturated heterocycles. The van der Waals surface area contributed by atoms with Crippen molar-refractivity contribution in [3.05, 3.63) is 59.8 Å². The van der Waals surface area contributed by atoms with Gasteiger partial charge in [-0.25, -0.2) is 9.97 Å². The van der Waals surface area contributed by atoms with Crippen LogP contribution in [0.15, 0.2) is 43.0 Å². The van der Waals surface area contributed by atoms with Gasteiger partial charge in [-0.15, -0.1) is 0 Å². The summed E-state index contributed by atoms with van der Waals surface area (Å²) in [6.45, 7) is 4.17. The number of rotatable bonds is 4. The zero-order valence-electron chi connectivity index (χ0n) is 17.8. The molecule has 0 spiro atoms. The molecule has 2 aliphatic heterocycles. The van der Waals surface area contributed by atoms with Gasteiger partial charge in [-0.3, -0.25) is 14.3 Å². The number of aromatic nitrogens is 4. The largest absolute Gasteiger partial charge is 0.379 e. The van der Waals surface area contributed by atoms with Crippen molar-refractivity contribution in [2.75, 3.05) is 25.1 Å². The van der Waals surface area contributed by atoms with Crippen LogP contribution in [0.3, 0.4) is 0 Å². The fourth-order valence-electron chi connectivity index (χ4n) is 4.34. The third-order valence-corrected chi connectivity index (χ3v) is 6.00. The normalized spacial score (nSPS) is 17.8. The smallest absolute Gasteiger partial charge is 0.255 e. The van der Waals surface area contributed by atoms with Crippen molar-refractivity contribution in [2.45, 2.75) is 32.4 Å². The molecule has 1 fully saturated rings. The van der Waals surface area contributed by atoms with Crippen LogP contribution >= 0.6 is 0 Å². The fraction of sp³-hybridized carbons (Fsp3) is 0.348. The average Bonchev–Trinajstić information content (AvgIpc) is 3.47. The lowest BCUT2D eigenvalue weighted by Gasteiger charge is -2.27. The summed E-state index contributed by atoms with van der Waals surface area (Å²) in [5.74, 6) is -0.193.